The summed E-state index contributed by atoms with van der Waals surface area (Å²) in [5, 5.41) is 12.4. The van der Waals surface area contributed by atoms with Gasteiger partial charge in [0.1, 0.15) is 0 Å². The summed E-state index contributed by atoms with van der Waals surface area (Å²) in [7, 11) is 0. The van der Waals surface area contributed by atoms with Crippen LogP contribution in [0.5, 0.6) is 0 Å². The van der Waals surface area contributed by atoms with E-state index in [0.717, 1.165) is 24.2 Å². The fraction of sp³-hybridized carbons (Fsp3) is 0.312. The molecule has 2 aromatic rings. The zero-order valence-electron chi connectivity index (χ0n) is 11.9. The number of aromatic nitrogens is 1. The number of hydrogen-bond donors (Lipinski definition) is 2. The second kappa shape index (κ2) is 6.28. The molecule has 0 saturated carbocycles. The summed E-state index contributed by atoms with van der Waals surface area (Å²) in [6.07, 6.45) is 5.30. The number of anilines is 1. The van der Waals surface area contributed by atoms with Gasteiger partial charge in [0.25, 0.3) is 0 Å². The average molecular weight is 272 g/mol. The third-order valence-corrected chi connectivity index (χ3v) is 3.34. The fourth-order valence-corrected chi connectivity index (χ4v) is 2.25. The maximum absolute atomic E-state index is 11.1. The smallest absolute Gasteiger partial charge is 0.336 e. The molecule has 1 heterocycles. The van der Waals surface area contributed by atoms with Crippen molar-refractivity contribution in [1.82, 2.24) is 4.57 Å². The first-order valence-corrected chi connectivity index (χ1v) is 6.83. The van der Waals surface area contributed by atoms with E-state index < -0.39 is 5.97 Å². The number of aryl methyl sites for hydroxylation is 1. The van der Waals surface area contributed by atoms with Crippen LogP contribution in [0.1, 0.15) is 34.8 Å². The lowest BCUT2D eigenvalue weighted by Crippen LogP contribution is -2.05. The van der Waals surface area contributed by atoms with Crippen molar-refractivity contribution >= 4 is 11.7 Å². The first kappa shape index (κ1) is 14.2. The van der Waals surface area contributed by atoms with E-state index in [1.54, 1.807) is 12.1 Å². The molecule has 0 unspecified atom stereocenters. The van der Waals surface area contributed by atoms with E-state index in [0.29, 0.717) is 12.1 Å². The number of carboxylic acids is 1. The molecule has 0 aliphatic carbocycles. The summed E-state index contributed by atoms with van der Waals surface area (Å²) < 4.78 is 2.16. The molecule has 0 spiro atoms. The van der Waals surface area contributed by atoms with E-state index in [4.69, 9.17) is 5.11 Å². The second-order valence-corrected chi connectivity index (χ2v) is 4.89. The molecule has 0 atom stereocenters. The molecule has 106 valence electrons. The minimum atomic E-state index is -0.889. The zero-order valence-corrected chi connectivity index (χ0v) is 11.9. The van der Waals surface area contributed by atoms with Crippen molar-refractivity contribution in [3.8, 4) is 0 Å². The lowest BCUT2D eigenvalue weighted by Gasteiger charge is -2.10. The Bertz CT molecular complexity index is 602. The quantitative estimate of drug-likeness (QED) is 0.846. The van der Waals surface area contributed by atoms with Gasteiger partial charge in [-0.3, -0.25) is 0 Å². The minimum absolute atomic E-state index is 0.346. The van der Waals surface area contributed by atoms with Crippen LogP contribution in [0.2, 0.25) is 0 Å². The molecule has 0 amide bonds. The standard InChI is InChI=1S/C16H20N2O2/c1-3-8-18-9-7-13(11-18)10-17-15-6-4-5-14(12(15)2)16(19)20/h4-7,9,11,17H,3,8,10H2,1-2H3,(H,19,20). The van der Waals surface area contributed by atoms with Crippen LogP contribution in [0, 0.1) is 6.92 Å². The summed E-state index contributed by atoms with van der Waals surface area (Å²) in [6, 6.07) is 7.38. The van der Waals surface area contributed by atoms with Gasteiger partial charge in [0.15, 0.2) is 0 Å². The number of aromatic carboxylic acids is 1. The average Bonchev–Trinajstić information content (AvgIpc) is 2.85. The molecule has 2 N–H and O–H groups in total. The van der Waals surface area contributed by atoms with Crippen LogP contribution in [0.25, 0.3) is 0 Å². The monoisotopic (exact) mass is 272 g/mol. The predicted molar refractivity (Wildman–Crippen MR) is 80.2 cm³/mol. The first-order valence-electron chi connectivity index (χ1n) is 6.83. The van der Waals surface area contributed by atoms with Crippen molar-refractivity contribution in [2.45, 2.75) is 33.4 Å². The number of benzene rings is 1. The molecule has 0 saturated heterocycles. The van der Waals surface area contributed by atoms with Crippen LogP contribution >= 0.6 is 0 Å². The molecule has 4 heteroatoms. The number of carbonyl (C=O) groups is 1. The maximum Gasteiger partial charge on any atom is 0.336 e. The van der Waals surface area contributed by atoms with Gasteiger partial charge in [-0.1, -0.05) is 13.0 Å². The van der Waals surface area contributed by atoms with E-state index in [1.807, 2.05) is 13.0 Å². The van der Waals surface area contributed by atoms with E-state index in [9.17, 15) is 4.79 Å². The molecule has 0 aliphatic heterocycles. The van der Waals surface area contributed by atoms with Gasteiger partial charge in [0, 0.05) is 31.2 Å². The van der Waals surface area contributed by atoms with Gasteiger partial charge in [-0.15, -0.1) is 0 Å². The van der Waals surface area contributed by atoms with Crippen molar-refractivity contribution in [2.75, 3.05) is 5.32 Å². The highest BCUT2D eigenvalue weighted by molar-refractivity contribution is 5.91. The van der Waals surface area contributed by atoms with Gasteiger partial charge >= 0.3 is 5.97 Å². The van der Waals surface area contributed by atoms with Crippen LogP contribution in [0.3, 0.4) is 0 Å². The van der Waals surface area contributed by atoms with E-state index in [-0.39, 0.29) is 0 Å². The predicted octanol–water partition coefficient (Wildman–Crippen LogP) is 3.52. The Kier molecular flexibility index (Phi) is 4.45. The molecular weight excluding hydrogens is 252 g/mol. The van der Waals surface area contributed by atoms with Crippen molar-refractivity contribution in [1.29, 1.82) is 0 Å². The summed E-state index contributed by atoms with van der Waals surface area (Å²) in [6.45, 7) is 5.70. The van der Waals surface area contributed by atoms with Crippen molar-refractivity contribution in [3.63, 3.8) is 0 Å². The van der Waals surface area contributed by atoms with Crippen LogP contribution in [0.15, 0.2) is 36.7 Å². The third-order valence-electron chi connectivity index (χ3n) is 3.34. The topological polar surface area (TPSA) is 54.3 Å². The Morgan fingerprint density at radius 2 is 2.15 bits per heavy atom. The van der Waals surface area contributed by atoms with Crippen LogP contribution in [0.4, 0.5) is 5.69 Å². The van der Waals surface area contributed by atoms with Gasteiger partial charge in [0.05, 0.1) is 5.56 Å². The molecule has 4 nitrogen and oxygen atoms in total. The summed E-state index contributed by atoms with van der Waals surface area (Å²) in [4.78, 5) is 11.1. The maximum atomic E-state index is 11.1. The molecule has 0 radical (unpaired) electrons. The molecule has 20 heavy (non-hydrogen) atoms. The summed E-state index contributed by atoms with van der Waals surface area (Å²) >= 11 is 0. The number of nitrogens with one attached hydrogen (secondary N) is 1. The van der Waals surface area contributed by atoms with Gasteiger partial charge in [-0.25, -0.2) is 4.79 Å². The number of nitrogens with zero attached hydrogens (tertiary/aromatic N) is 1. The lowest BCUT2D eigenvalue weighted by molar-refractivity contribution is 0.0696. The van der Waals surface area contributed by atoms with Crippen molar-refractivity contribution in [3.05, 3.63) is 53.3 Å². The first-order chi connectivity index (χ1) is 9.61. The van der Waals surface area contributed by atoms with Crippen molar-refractivity contribution in [2.24, 2.45) is 0 Å². The van der Waals surface area contributed by atoms with Crippen LogP contribution < -0.4 is 5.32 Å². The number of rotatable bonds is 6. The van der Waals surface area contributed by atoms with Gasteiger partial charge in [-0.05, 0) is 42.7 Å². The highest BCUT2D eigenvalue weighted by atomic mass is 16.4. The zero-order chi connectivity index (χ0) is 14.5. The van der Waals surface area contributed by atoms with Gasteiger partial charge in [-0.2, -0.15) is 0 Å². The summed E-state index contributed by atoms with van der Waals surface area (Å²) in [5.74, 6) is -0.889. The van der Waals surface area contributed by atoms with E-state index in [1.165, 1.54) is 5.56 Å². The summed E-state index contributed by atoms with van der Waals surface area (Å²) in [5.41, 5.74) is 3.18. The van der Waals surface area contributed by atoms with Crippen LogP contribution in [-0.2, 0) is 13.1 Å². The Morgan fingerprint density at radius 1 is 1.35 bits per heavy atom. The second-order valence-electron chi connectivity index (χ2n) is 4.89. The van der Waals surface area contributed by atoms with Crippen LogP contribution in [-0.4, -0.2) is 15.6 Å². The number of carboxylic acid groups (broad SMARTS) is 1. The Morgan fingerprint density at radius 3 is 2.85 bits per heavy atom. The van der Waals surface area contributed by atoms with Crippen molar-refractivity contribution < 1.29 is 9.90 Å². The molecule has 1 aromatic heterocycles. The molecule has 2 rings (SSSR count). The highest BCUT2D eigenvalue weighted by Gasteiger charge is 2.09. The lowest BCUT2D eigenvalue weighted by atomic mass is 10.1. The molecule has 1 aromatic carbocycles. The molecule has 0 bridgehead atoms. The molecule has 0 aliphatic rings. The Labute approximate surface area is 119 Å². The molecule has 0 fully saturated rings. The Balaban J connectivity index is 2.06. The van der Waals surface area contributed by atoms with E-state index in [2.05, 4.69) is 35.3 Å². The largest absolute Gasteiger partial charge is 0.478 e. The van der Waals surface area contributed by atoms with E-state index >= 15 is 0 Å². The SMILES string of the molecule is CCCn1ccc(CNc2cccc(C(=O)O)c2C)c1. The Hall–Kier alpha value is -2.23. The molecular formula is C16H20N2O2. The number of hydrogen-bond acceptors (Lipinski definition) is 2. The minimum Gasteiger partial charge on any atom is -0.478 e. The van der Waals surface area contributed by atoms with Gasteiger partial charge < -0.3 is 15.0 Å². The third kappa shape index (κ3) is 3.20. The highest BCUT2D eigenvalue weighted by Crippen LogP contribution is 2.19. The van der Waals surface area contributed by atoms with Gasteiger partial charge in [0.2, 0.25) is 0 Å². The fourth-order valence-electron chi connectivity index (χ4n) is 2.25. The normalized spacial score (nSPS) is 10.5.